The van der Waals surface area contributed by atoms with Crippen LogP contribution in [0.5, 0.6) is 0 Å². The Balaban J connectivity index is 2.31. The first-order valence-corrected chi connectivity index (χ1v) is 5.45. The van der Waals surface area contributed by atoms with E-state index >= 15 is 0 Å². The van der Waals surface area contributed by atoms with Crippen LogP contribution < -0.4 is 11.1 Å². The maximum Gasteiger partial charge on any atom is 0.142 e. The molecule has 0 bridgehead atoms. The average molecular weight is 229 g/mol. The van der Waals surface area contributed by atoms with Gasteiger partial charge in [-0.15, -0.1) is 0 Å². The number of rotatable bonds is 1. The monoisotopic (exact) mass is 228 g/mol. The first kappa shape index (κ1) is 10.9. The molecular formula is C11H14ClFN2. The summed E-state index contributed by atoms with van der Waals surface area (Å²) >= 11 is 5.64. The lowest BCUT2D eigenvalue weighted by molar-refractivity contribution is 0.316. The maximum atomic E-state index is 13.3. The summed E-state index contributed by atoms with van der Waals surface area (Å²) in [4.78, 5) is 0. The first-order chi connectivity index (χ1) is 7.12. The molecule has 4 heteroatoms. The quantitative estimate of drug-likeness (QED) is 0.772. The summed E-state index contributed by atoms with van der Waals surface area (Å²) in [6.07, 6.45) is 1.65. The van der Waals surface area contributed by atoms with Gasteiger partial charge in [0, 0.05) is 5.54 Å². The van der Waals surface area contributed by atoms with Gasteiger partial charge in [0.1, 0.15) is 5.82 Å². The fourth-order valence-corrected chi connectivity index (χ4v) is 2.08. The summed E-state index contributed by atoms with van der Waals surface area (Å²) in [7, 11) is 0. The molecule has 1 aliphatic heterocycles. The summed E-state index contributed by atoms with van der Waals surface area (Å²) in [5, 5.41) is 3.39. The zero-order chi connectivity index (χ0) is 10.9. The van der Waals surface area contributed by atoms with Crippen molar-refractivity contribution in [3.63, 3.8) is 0 Å². The third-order valence-electron chi connectivity index (χ3n) is 2.99. The number of benzene rings is 1. The second-order valence-electron chi connectivity index (χ2n) is 4.04. The van der Waals surface area contributed by atoms with Gasteiger partial charge in [0.2, 0.25) is 0 Å². The van der Waals surface area contributed by atoms with Crippen LogP contribution in [0.1, 0.15) is 18.4 Å². The standard InChI is InChI=1S/C11H14ClFN2/c12-9-2-1-8(7-10(9)13)11(14)3-5-15-6-4-11/h1-2,7,15H,3-6,14H2. The highest BCUT2D eigenvalue weighted by atomic mass is 35.5. The number of piperidine rings is 1. The molecule has 3 N–H and O–H groups in total. The van der Waals surface area contributed by atoms with Crippen molar-refractivity contribution < 1.29 is 4.39 Å². The fraction of sp³-hybridized carbons (Fsp3) is 0.455. The highest BCUT2D eigenvalue weighted by Gasteiger charge is 2.29. The van der Waals surface area contributed by atoms with E-state index in [1.165, 1.54) is 6.07 Å². The van der Waals surface area contributed by atoms with Crippen molar-refractivity contribution in [2.24, 2.45) is 5.73 Å². The van der Waals surface area contributed by atoms with E-state index in [0.717, 1.165) is 31.5 Å². The van der Waals surface area contributed by atoms with Crippen LogP contribution in [0.15, 0.2) is 18.2 Å². The zero-order valence-electron chi connectivity index (χ0n) is 8.39. The molecule has 1 aromatic carbocycles. The molecule has 0 saturated carbocycles. The minimum absolute atomic E-state index is 0.149. The largest absolute Gasteiger partial charge is 0.321 e. The van der Waals surface area contributed by atoms with Crippen LogP contribution in [-0.4, -0.2) is 13.1 Å². The van der Waals surface area contributed by atoms with Gasteiger partial charge in [0.15, 0.2) is 0 Å². The van der Waals surface area contributed by atoms with Gasteiger partial charge in [-0.1, -0.05) is 17.7 Å². The number of halogens is 2. The predicted molar refractivity (Wildman–Crippen MR) is 59.4 cm³/mol. The molecule has 0 atom stereocenters. The number of nitrogens with one attached hydrogen (secondary N) is 1. The van der Waals surface area contributed by atoms with Crippen LogP contribution in [0.4, 0.5) is 4.39 Å². The lowest BCUT2D eigenvalue weighted by Crippen LogP contribution is -2.46. The van der Waals surface area contributed by atoms with E-state index in [1.54, 1.807) is 6.07 Å². The fourth-order valence-electron chi connectivity index (χ4n) is 1.97. The SMILES string of the molecule is NC1(c2ccc(Cl)c(F)c2)CCNCC1. The molecule has 1 saturated heterocycles. The molecule has 0 aliphatic carbocycles. The van der Waals surface area contributed by atoms with Gasteiger partial charge >= 0.3 is 0 Å². The van der Waals surface area contributed by atoms with E-state index in [-0.39, 0.29) is 5.02 Å². The number of hydrogen-bond acceptors (Lipinski definition) is 2. The highest BCUT2D eigenvalue weighted by molar-refractivity contribution is 6.30. The van der Waals surface area contributed by atoms with E-state index in [0.29, 0.717) is 0 Å². The molecular weight excluding hydrogens is 215 g/mol. The first-order valence-electron chi connectivity index (χ1n) is 5.07. The number of hydrogen-bond donors (Lipinski definition) is 2. The van der Waals surface area contributed by atoms with Crippen molar-refractivity contribution in [1.82, 2.24) is 5.32 Å². The van der Waals surface area contributed by atoms with Crippen LogP contribution >= 0.6 is 11.6 Å². The third-order valence-corrected chi connectivity index (χ3v) is 3.30. The highest BCUT2D eigenvalue weighted by Crippen LogP contribution is 2.29. The van der Waals surface area contributed by atoms with E-state index < -0.39 is 11.4 Å². The van der Waals surface area contributed by atoms with E-state index in [1.807, 2.05) is 6.07 Å². The van der Waals surface area contributed by atoms with Crippen molar-refractivity contribution >= 4 is 11.6 Å². The minimum atomic E-state index is -0.406. The van der Waals surface area contributed by atoms with Gasteiger partial charge in [-0.25, -0.2) is 4.39 Å². The van der Waals surface area contributed by atoms with Crippen molar-refractivity contribution in [2.75, 3.05) is 13.1 Å². The molecule has 0 radical (unpaired) electrons. The van der Waals surface area contributed by atoms with Gasteiger partial charge in [-0.2, -0.15) is 0 Å². The topological polar surface area (TPSA) is 38.0 Å². The predicted octanol–water partition coefficient (Wildman–Crippen LogP) is 2.02. The molecule has 2 rings (SSSR count). The summed E-state index contributed by atoms with van der Waals surface area (Å²) in [6.45, 7) is 1.75. The molecule has 0 amide bonds. The molecule has 1 heterocycles. The van der Waals surface area contributed by atoms with Gasteiger partial charge in [-0.3, -0.25) is 0 Å². The molecule has 1 fully saturated rings. The molecule has 1 aliphatic rings. The summed E-state index contributed by atoms with van der Waals surface area (Å²) in [5.74, 6) is -0.391. The zero-order valence-corrected chi connectivity index (χ0v) is 9.15. The normalized spacial score (nSPS) is 20.2. The third kappa shape index (κ3) is 2.14. The molecule has 0 spiro atoms. The smallest absolute Gasteiger partial charge is 0.142 e. The summed E-state index contributed by atoms with van der Waals surface area (Å²) in [5.41, 5.74) is 6.68. The lowest BCUT2D eigenvalue weighted by atomic mass is 9.82. The molecule has 15 heavy (non-hydrogen) atoms. The van der Waals surface area contributed by atoms with Gasteiger partial charge in [0.25, 0.3) is 0 Å². The van der Waals surface area contributed by atoms with Crippen LogP contribution in [0.2, 0.25) is 5.02 Å². The Morgan fingerprint density at radius 2 is 2.00 bits per heavy atom. The molecule has 1 aromatic rings. The lowest BCUT2D eigenvalue weighted by Gasteiger charge is -2.34. The Morgan fingerprint density at radius 3 is 2.60 bits per heavy atom. The Hall–Kier alpha value is -0.640. The number of nitrogens with two attached hydrogens (primary N) is 1. The molecule has 0 aromatic heterocycles. The van der Waals surface area contributed by atoms with Gasteiger partial charge < -0.3 is 11.1 Å². The van der Waals surface area contributed by atoms with E-state index in [4.69, 9.17) is 17.3 Å². The van der Waals surface area contributed by atoms with Crippen molar-refractivity contribution in [3.05, 3.63) is 34.6 Å². The second-order valence-corrected chi connectivity index (χ2v) is 4.44. The second kappa shape index (κ2) is 4.08. The average Bonchev–Trinajstić information content (AvgIpc) is 2.23. The Labute approximate surface area is 93.6 Å². The van der Waals surface area contributed by atoms with E-state index in [9.17, 15) is 4.39 Å². The Bertz CT molecular complexity index is 362. The minimum Gasteiger partial charge on any atom is -0.321 e. The Morgan fingerprint density at radius 1 is 1.33 bits per heavy atom. The molecule has 82 valence electrons. The van der Waals surface area contributed by atoms with Crippen LogP contribution in [-0.2, 0) is 5.54 Å². The van der Waals surface area contributed by atoms with Crippen molar-refractivity contribution in [1.29, 1.82) is 0 Å². The van der Waals surface area contributed by atoms with Crippen LogP contribution in [0, 0.1) is 5.82 Å². The van der Waals surface area contributed by atoms with Crippen molar-refractivity contribution in [3.8, 4) is 0 Å². The van der Waals surface area contributed by atoms with E-state index in [2.05, 4.69) is 5.32 Å². The van der Waals surface area contributed by atoms with Crippen LogP contribution in [0.25, 0.3) is 0 Å². The maximum absolute atomic E-state index is 13.3. The van der Waals surface area contributed by atoms with Crippen LogP contribution in [0.3, 0.4) is 0 Å². The Kier molecular flexibility index (Phi) is 2.96. The van der Waals surface area contributed by atoms with Gasteiger partial charge in [0.05, 0.1) is 5.02 Å². The van der Waals surface area contributed by atoms with Crippen molar-refractivity contribution in [2.45, 2.75) is 18.4 Å². The summed E-state index contributed by atoms with van der Waals surface area (Å²) < 4.78 is 13.3. The molecule has 2 nitrogen and oxygen atoms in total. The molecule has 0 unspecified atom stereocenters. The summed E-state index contributed by atoms with van der Waals surface area (Å²) in [6, 6.07) is 4.84. The van der Waals surface area contributed by atoms with Gasteiger partial charge in [-0.05, 0) is 43.6 Å².